The molecule has 1 saturated carbocycles. The molecule has 0 saturated heterocycles. The van der Waals surface area contributed by atoms with E-state index in [1.165, 1.54) is 12.8 Å². The van der Waals surface area contributed by atoms with Gasteiger partial charge in [-0.2, -0.15) is 0 Å². The molecule has 0 unspecified atom stereocenters. The smallest absolute Gasteiger partial charge is 0.222 e. The van der Waals surface area contributed by atoms with E-state index < -0.39 is 0 Å². The molecule has 160 valence electrons. The van der Waals surface area contributed by atoms with Gasteiger partial charge in [0.05, 0.1) is 13.2 Å². The van der Waals surface area contributed by atoms with Gasteiger partial charge in [-0.05, 0) is 37.3 Å². The predicted octanol–water partition coefficient (Wildman–Crippen LogP) is 3.24. The Morgan fingerprint density at radius 2 is 1.80 bits per heavy atom. The molecule has 0 bridgehead atoms. The molecule has 30 heavy (non-hydrogen) atoms. The molecule has 0 atom stereocenters. The van der Waals surface area contributed by atoms with E-state index in [4.69, 9.17) is 4.74 Å². The fourth-order valence-corrected chi connectivity index (χ4v) is 2.95. The lowest BCUT2D eigenvalue weighted by molar-refractivity contribution is -0.121. The summed E-state index contributed by atoms with van der Waals surface area (Å²) in [5, 5.41) is 9.41. The zero-order valence-electron chi connectivity index (χ0n) is 17.7. The van der Waals surface area contributed by atoms with Gasteiger partial charge in [0.25, 0.3) is 0 Å². The first-order chi connectivity index (χ1) is 14.7. The van der Waals surface area contributed by atoms with Gasteiger partial charge in [-0.15, -0.1) is 0 Å². The van der Waals surface area contributed by atoms with Crippen molar-refractivity contribution in [2.75, 3.05) is 19.7 Å². The number of carbonyl (C=O) groups is 1. The Labute approximate surface area is 179 Å². The Hall–Kier alpha value is -3.02. The number of amides is 1. The third-order valence-electron chi connectivity index (χ3n) is 4.87. The number of nitrogens with zero attached hydrogens (tertiary/aromatic N) is 1. The van der Waals surface area contributed by atoms with Crippen LogP contribution in [0, 0.1) is 5.92 Å². The maximum atomic E-state index is 12.1. The summed E-state index contributed by atoms with van der Waals surface area (Å²) in [5.74, 6) is 2.34. The van der Waals surface area contributed by atoms with Gasteiger partial charge in [-0.25, -0.2) is 4.99 Å². The molecule has 1 aliphatic rings. The highest BCUT2D eigenvalue weighted by molar-refractivity contribution is 5.81. The van der Waals surface area contributed by atoms with Crippen molar-refractivity contribution in [3.8, 4) is 5.75 Å². The van der Waals surface area contributed by atoms with Crippen molar-refractivity contribution in [1.29, 1.82) is 0 Å². The van der Waals surface area contributed by atoms with E-state index in [0.717, 1.165) is 30.0 Å². The summed E-state index contributed by atoms with van der Waals surface area (Å²) < 4.78 is 5.97. The molecule has 2 aromatic rings. The van der Waals surface area contributed by atoms with Crippen molar-refractivity contribution in [3.05, 3.63) is 65.7 Å². The molecule has 0 spiro atoms. The van der Waals surface area contributed by atoms with E-state index >= 15 is 0 Å². The van der Waals surface area contributed by atoms with Crippen LogP contribution in [0.1, 0.15) is 37.3 Å². The molecular weight excluding hydrogens is 376 g/mol. The topological polar surface area (TPSA) is 74.8 Å². The lowest BCUT2D eigenvalue weighted by Crippen LogP contribution is -2.39. The standard InChI is InChI=1S/C24H32N4O2/c1-2-25-24(26-15-14-23(29)27-16-19-8-4-3-5-9-19)28-17-21-10-6-7-11-22(21)30-18-20-12-13-20/h3-11,20H,2,12-18H2,1H3,(H,27,29)(H2,25,26,28). The summed E-state index contributed by atoms with van der Waals surface area (Å²) in [7, 11) is 0. The Bertz CT molecular complexity index is 819. The largest absolute Gasteiger partial charge is 0.493 e. The van der Waals surface area contributed by atoms with E-state index in [9.17, 15) is 4.79 Å². The first-order valence-electron chi connectivity index (χ1n) is 10.8. The molecule has 2 aromatic carbocycles. The third-order valence-corrected chi connectivity index (χ3v) is 4.87. The van der Waals surface area contributed by atoms with Crippen LogP contribution in [0.4, 0.5) is 0 Å². The van der Waals surface area contributed by atoms with Gasteiger partial charge < -0.3 is 20.7 Å². The van der Waals surface area contributed by atoms with Crippen molar-refractivity contribution >= 4 is 11.9 Å². The number of nitrogens with one attached hydrogen (secondary N) is 3. The van der Waals surface area contributed by atoms with Crippen LogP contribution in [0.2, 0.25) is 0 Å². The van der Waals surface area contributed by atoms with Crippen LogP contribution < -0.4 is 20.7 Å². The fourth-order valence-electron chi connectivity index (χ4n) is 2.95. The van der Waals surface area contributed by atoms with Gasteiger partial charge in [-0.3, -0.25) is 4.79 Å². The highest BCUT2D eigenvalue weighted by atomic mass is 16.5. The number of benzene rings is 2. The second-order valence-electron chi connectivity index (χ2n) is 7.50. The van der Waals surface area contributed by atoms with Gasteiger partial charge in [0.2, 0.25) is 5.91 Å². The van der Waals surface area contributed by atoms with E-state index in [1.54, 1.807) is 0 Å². The number of aliphatic imine (C=N–C) groups is 1. The van der Waals surface area contributed by atoms with Crippen LogP contribution in [-0.2, 0) is 17.9 Å². The van der Waals surface area contributed by atoms with Crippen LogP contribution in [-0.4, -0.2) is 31.6 Å². The predicted molar refractivity (Wildman–Crippen MR) is 120 cm³/mol. The Kier molecular flexibility index (Phi) is 8.57. The minimum absolute atomic E-state index is 0.0148. The average Bonchev–Trinajstić information content (AvgIpc) is 3.60. The van der Waals surface area contributed by atoms with Crippen molar-refractivity contribution < 1.29 is 9.53 Å². The van der Waals surface area contributed by atoms with Crippen LogP contribution in [0.15, 0.2) is 59.6 Å². The number of hydrogen-bond acceptors (Lipinski definition) is 3. The Morgan fingerprint density at radius 1 is 1.03 bits per heavy atom. The molecule has 3 rings (SSSR count). The third kappa shape index (κ3) is 7.78. The van der Waals surface area contributed by atoms with E-state index in [-0.39, 0.29) is 5.91 Å². The van der Waals surface area contributed by atoms with Crippen LogP contribution >= 0.6 is 0 Å². The fraction of sp³-hybridized carbons (Fsp3) is 0.417. The van der Waals surface area contributed by atoms with E-state index in [2.05, 4.69) is 20.9 Å². The summed E-state index contributed by atoms with van der Waals surface area (Å²) in [6, 6.07) is 18.0. The van der Waals surface area contributed by atoms with Crippen LogP contribution in [0.3, 0.4) is 0 Å². The molecular formula is C24H32N4O2. The van der Waals surface area contributed by atoms with E-state index in [0.29, 0.717) is 37.9 Å². The summed E-state index contributed by atoms with van der Waals surface area (Å²) in [6.07, 6.45) is 2.93. The van der Waals surface area contributed by atoms with Crippen molar-refractivity contribution in [2.24, 2.45) is 10.9 Å². The molecule has 3 N–H and O–H groups in total. The number of hydrogen-bond donors (Lipinski definition) is 3. The second kappa shape index (κ2) is 11.9. The number of ether oxygens (including phenoxy) is 1. The molecule has 0 heterocycles. The minimum atomic E-state index is 0.0148. The zero-order valence-corrected chi connectivity index (χ0v) is 17.7. The molecule has 1 aliphatic carbocycles. The maximum Gasteiger partial charge on any atom is 0.222 e. The molecule has 1 amide bonds. The summed E-state index contributed by atoms with van der Waals surface area (Å²) in [4.78, 5) is 16.7. The molecule has 0 aliphatic heterocycles. The van der Waals surface area contributed by atoms with E-state index in [1.807, 2.05) is 61.5 Å². The Morgan fingerprint density at radius 3 is 2.57 bits per heavy atom. The highest BCUT2D eigenvalue weighted by Crippen LogP contribution is 2.30. The van der Waals surface area contributed by atoms with Gasteiger partial charge in [0.15, 0.2) is 5.96 Å². The van der Waals surface area contributed by atoms with Crippen LogP contribution in [0.25, 0.3) is 0 Å². The number of guanidine groups is 1. The molecule has 6 nitrogen and oxygen atoms in total. The quantitative estimate of drug-likeness (QED) is 0.394. The first kappa shape index (κ1) is 21.7. The van der Waals surface area contributed by atoms with Gasteiger partial charge in [0, 0.05) is 31.6 Å². The maximum absolute atomic E-state index is 12.1. The minimum Gasteiger partial charge on any atom is -0.493 e. The highest BCUT2D eigenvalue weighted by Gasteiger charge is 2.22. The van der Waals surface area contributed by atoms with Crippen molar-refractivity contribution in [3.63, 3.8) is 0 Å². The zero-order chi connectivity index (χ0) is 21.0. The number of rotatable bonds is 11. The lowest BCUT2D eigenvalue weighted by atomic mass is 10.2. The summed E-state index contributed by atoms with van der Waals surface area (Å²) in [5.41, 5.74) is 2.16. The van der Waals surface area contributed by atoms with Crippen molar-refractivity contribution in [2.45, 2.75) is 39.3 Å². The number of carbonyl (C=O) groups excluding carboxylic acids is 1. The van der Waals surface area contributed by atoms with Gasteiger partial charge in [0.1, 0.15) is 5.75 Å². The second-order valence-corrected chi connectivity index (χ2v) is 7.50. The van der Waals surface area contributed by atoms with Gasteiger partial charge in [-0.1, -0.05) is 48.5 Å². The molecule has 0 aromatic heterocycles. The lowest BCUT2D eigenvalue weighted by Gasteiger charge is -2.13. The number of para-hydroxylation sites is 1. The molecule has 1 fully saturated rings. The normalized spacial score (nSPS) is 13.6. The first-order valence-corrected chi connectivity index (χ1v) is 10.8. The molecule has 0 radical (unpaired) electrons. The monoisotopic (exact) mass is 408 g/mol. The van der Waals surface area contributed by atoms with Crippen molar-refractivity contribution in [1.82, 2.24) is 16.0 Å². The van der Waals surface area contributed by atoms with Crippen LogP contribution in [0.5, 0.6) is 5.75 Å². The summed E-state index contributed by atoms with van der Waals surface area (Å²) in [6.45, 7) is 5.16. The average molecular weight is 409 g/mol. The van der Waals surface area contributed by atoms with Gasteiger partial charge >= 0.3 is 0 Å². The Balaban J connectivity index is 1.44. The molecule has 6 heteroatoms. The SMILES string of the molecule is CCNC(=NCc1ccccc1OCC1CC1)NCCC(=O)NCc1ccccc1. The summed E-state index contributed by atoms with van der Waals surface area (Å²) >= 11 is 0.